The van der Waals surface area contributed by atoms with Crippen LogP contribution in [0.15, 0.2) is 30.6 Å². The highest BCUT2D eigenvalue weighted by atomic mass is 32.1. The number of anilines is 1. The van der Waals surface area contributed by atoms with Gasteiger partial charge in [0.25, 0.3) is 0 Å². The van der Waals surface area contributed by atoms with Crippen LogP contribution >= 0.6 is 11.3 Å². The van der Waals surface area contributed by atoms with Crippen LogP contribution in [0.4, 0.5) is 5.13 Å². The van der Waals surface area contributed by atoms with E-state index in [0.29, 0.717) is 5.92 Å². The standard InChI is InChI=1S/C14H14N6S/c1-9-7-20(8-10-6-16-17-12(9)10)14-19-18-13(21-14)11-4-2-3-5-15-11/h2-6,9H,7-8H2,1H3,(H,16,17). The highest BCUT2D eigenvalue weighted by Crippen LogP contribution is 2.33. The van der Waals surface area contributed by atoms with Crippen molar-refractivity contribution in [2.75, 3.05) is 11.4 Å². The fraction of sp³-hybridized carbons (Fsp3) is 0.286. The summed E-state index contributed by atoms with van der Waals surface area (Å²) in [5.41, 5.74) is 3.35. The molecule has 0 amide bonds. The average Bonchev–Trinajstić information content (AvgIpc) is 3.17. The molecule has 0 aliphatic carbocycles. The second kappa shape index (κ2) is 4.92. The molecule has 3 aromatic heterocycles. The number of fused-ring (bicyclic) bond motifs is 1. The smallest absolute Gasteiger partial charge is 0.208 e. The minimum atomic E-state index is 0.415. The van der Waals surface area contributed by atoms with Crippen LogP contribution in [-0.4, -0.2) is 31.9 Å². The first-order valence-corrected chi connectivity index (χ1v) is 7.65. The van der Waals surface area contributed by atoms with Crippen LogP contribution in [0.3, 0.4) is 0 Å². The van der Waals surface area contributed by atoms with E-state index in [2.05, 4.69) is 37.2 Å². The van der Waals surface area contributed by atoms with Gasteiger partial charge in [0, 0.05) is 36.5 Å². The summed E-state index contributed by atoms with van der Waals surface area (Å²) in [5, 5.41) is 17.6. The van der Waals surface area contributed by atoms with Crippen molar-refractivity contribution in [1.82, 2.24) is 25.4 Å². The van der Waals surface area contributed by atoms with Crippen LogP contribution in [0.2, 0.25) is 0 Å². The second-order valence-corrected chi connectivity index (χ2v) is 6.15. The van der Waals surface area contributed by atoms with Crippen LogP contribution in [0.5, 0.6) is 0 Å². The molecule has 7 heteroatoms. The Morgan fingerprint density at radius 3 is 3.14 bits per heavy atom. The molecule has 0 fully saturated rings. The number of hydrogen-bond acceptors (Lipinski definition) is 6. The van der Waals surface area contributed by atoms with Crippen LogP contribution < -0.4 is 4.90 Å². The fourth-order valence-electron chi connectivity index (χ4n) is 2.65. The highest BCUT2D eigenvalue weighted by Gasteiger charge is 2.26. The van der Waals surface area contributed by atoms with Gasteiger partial charge in [-0.15, -0.1) is 10.2 Å². The Morgan fingerprint density at radius 2 is 2.29 bits per heavy atom. The lowest BCUT2D eigenvalue weighted by Crippen LogP contribution is -2.32. The van der Waals surface area contributed by atoms with E-state index in [4.69, 9.17) is 0 Å². The van der Waals surface area contributed by atoms with E-state index < -0.39 is 0 Å². The number of hydrogen-bond donors (Lipinski definition) is 1. The zero-order valence-electron chi connectivity index (χ0n) is 11.5. The van der Waals surface area contributed by atoms with Gasteiger partial charge in [-0.25, -0.2) is 0 Å². The predicted molar refractivity (Wildman–Crippen MR) is 81.2 cm³/mol. The van der Waals surface area contributed by atoms with Crippen molar-refractivity contribution < 1.29 is 0 Å². The summed E-state index contributed by atoms with van der Waals surface area (Å²) in [6.45, 7) is 3.95. The molecular formula is C14H14N6S. The molecule has 0 saturated heterocycles. The third-order valence-electron chi connectivity index (χ3n) is 3.67. The number of H-pyrrole nitrogens is 1. The first kappa shape index (κ1) is 12.5. The zero-order chi connectivity index (χ0) is 14.2. The van der Waals surface area contributed by atoms with Crippen LogP contribution in [-0.2, 0) is 6.54 Å². The van der Waals surface area contributed by atoms with Gasteiger partial charge in [-0.3, -0.25) is 10.1 Å². The lowest BCUT2D eigenvalue weighted by molar-refractivity contribution is 0.623. The first-order chi connectivity index (χ1) is 10.3. The number of nitrogens with zero attached hydrogens (tertiary/aromatic N) is 5. The maximum Gasteiger partial charge on any atom is 0.208 e. The van der Waals surface area contributed by atoms with Crippen molar-refractivity contribution in [2.45, 2.75) is 19.4 Å². The molecule has 6 nitrogen and oxygen atoms in total. The summed E-state index contributed by atoms with van der Waals surface area (Å²) in [4.78, 5) is 6.58. The molecular weight excluding hydrogens is 284 g/mol. The van der Waals surface area contributed by atoms with Crippen molar-refractivity contribution in [2.24, 2.45) is 0 Å². The van der Waals surface area contributed by atoms with E-state index in [1.807, 2.05) is 24.4 Å². The SMILES string of the molecule is CC1CN(c2nnc(-c3ccccn3)s2)Cc2cn[nH]c21. The third kappa shape index (κ3) is 2.19. The molecule has 4 heterocycles. The van der Waals surface area contributed by atoms with Gasteiger partial charge < -0.3 is 4.90 Å². The van der Waals surface area contributed by atoms with E-state index in [0.717, 1.165) is 28.9 Å². The van der Waals surface area contributed by atoms with E-state index in [1.165, 1.54) is 11.3 Å². The minimum absolute atomic E-state index is 0.415. The molecule has 106 valence electrons. The van der Waals surface area contributed by atoms with Crippen molar-refractivity contribution >= 4 is 16.5 Å². The average molecular weight is 298 g/mol. The number of aromatic amines is 1. The summed E-state index contributed by atoms with van der Waals surface area (Å²) >= 11 is 1.58. The van der Waals surface area contributed by atoms with Crippen molar-refractivity contribution in [3.8, 4) is 10.7 Å². The molecule has 0 radical (unpaired) electrons. The molecule has 21 heavy (non-hydrogen) atoms. The van der Waals surface area contributed by atoms with Gasteiger partial charge in [0.2, 0.25) is 5.13 Å². The lowest BCUT2D eigenvalue weighted by Gasteiger charge is -2.29. The Kier molecular flexibility index (Phi) is 2.92. The summed E-state index contributed by atoms with van der Waals surface area (Å²) in [6, 6.07) is 5.82. The molecule has 1 aliphatic heterocycles. The number of pyridine rings is 1. The third-order valence-corrected chi connectivity index (χ3v) is 4.68. The summed E-state index contributed by atoms with van der Waals surface area (Å²) in [5.74, 6) is 0.415. The van der Waals surface area contributed by atoms with Gasteiger partial charge in [-0.2, -0.15) is 5.10 Å². The number of nitrogens with one attached hydrogen (secondary N) is 1. The van der Waals surface area contributed by atoms with E-state index in [1.54, 1.807) is 17.5 Å². The molecule has 0 aromatic carbocycles. The second-order valence-electron chi connectivity index (χ2n) is 5.20. The minimum Gasteiger partial charge on any atom is -0.342 e. The molecule has 1 aliphatic rings. The summed E-state index contributed by atoms with van der Waals surface area (Å²) in [6.07, 6.45) is 3.68. The molecule has 0 bridgehead atoms. The maximum atomic E-state index is 4.33. The molecule has 1 atom stereocenters. The van der Waals surface area contributed by atoms with Gasteiger partial charge in [0.1, 0.15) is 5.69 Å². The molecule has 0 saturated carbocycles. The predicted octanol–water partition coefficient (Wildman–Crippen LogP) is 2.45. The maximum absolute atomic E-state index is 4.33. The Labute approximate surface area is 125 Å². The van der Waals surface area contributed by atoms with Gasteiger partial charge in [0.05, 0.1) is 6.20 Å². The lowest BCUT2D eigenvalue weighted by atomic mass is 9.99. The van der Waals surface area contributed by atoms with Gasteiger partial charge in [0.15, 0.2) is 5.01 Å². The van der Waals surface area contributed by atoms with Crippen LogP contribution in [0, 0.1) is 0 Å². The highest BCUT2D eigenvalue weighted by molar-refractivity contribution is 7.18. The molecule has 0 spiro atoms. The first-order valence-electron chi connectivity index (χ1n) is 6.83. The van der Waals surface area contributed by atoms with E-state index >= 15 is 0 Å². The van der Waals surface area contributed by atoms with Crippen LogP contribution in [0.1, 0.15) is 24.1 Å². The zero-order valence-corrected chi connectivity index (χ0v) is 12.3. The normalized spacial score (nSPS) is 17.8. The Morgan fingerprint density at radius 1 is 1.33 bits per heavy atom. The summed E-state index contributed by atoms with van der Waals surface area (Å²) in [7, 11) is 0. The topological polar surface area (TPSA) is 70.6 Å². The quantitative estimate of drug-likeness (QED) is 0.787. The molecule has 1 unspecified atom stereocenters. The Bertz CT molecular complexity index is 750. The molecule has 4 rings (SSSR count). The van der Waals surface area contributed by atoms with Gasteiger partial charge in [-0.1, -0.05) is 24.3 Å². The Balaban J connectivity index is 1.63. The van der Waals surface area contributed by atoms with Crippen molar-refractivity contribution in [3.05, 3.63) is 41.9 Å². The van der Waals surface area contributed by atoms with Crippen molar-refractivity contribution in [1.29, 1.82) is 0 Å². The summed E-state index contributed by atoms with van der Waals surface area (Å²) < 4.78 is 0. The molecule has 1 N–H and O–H groups in total. The van der Waals surface area contributed by atoms with E-state index in [-0.39, 0.29) is 0 Å². The van der Waals surface area contributed by atoms with Gasteiger partial charge >= 0.3 is 0 Å². The van der Waals surface area contributed by atoms with Crippen molar-refractivity contribution in [3.63, 3.8) is 0 Å². The largest absolute Gasteiger partial charge is 0.342 e. The monoisotopic (exact) mass is 298 g/mol. The fourth-order valence-corrected chi connectivity index (χ4v) is 3.48. The number of aromatic nitrogens is 5. The Hall–Kier alpha value is -2.28. The van der Waals surface area contributed by atoms with Crippen LogP contribution in [0.25, 0.3) is 10.7 Å². The van der Waals surface area contributed by atoms with Gasteiger partial charge in [-0.05, 0) is 12.1 Å². The number of rotatable bonds is 2. The van der Waals surface area contributed by atoms with E-state index in [9.17, 15) is 0 Å². The molecule has 3 aromatic rings.